The highest BCUT2D eigenvalue weighted by molar-refractivity contribution is 7.16. The predicted molar refractivity (Wildman–Crippen MR) is 108 cm³/mol. The Morgan fingerprint density at radius 3 is 2.66 bits per heavy atom. The van der Waals surface area contributed by atoms with Gasteiger partial charge in [-0.1, -0.05) is 0 Å². The lowest BCUT2D eigenvalue weighted by Crippen LogP contribution is -2.44. The van der Waals surface area contributed by atoms with E-state index in [1.807, 2.05) is 0 Å². The minimum Gasteiger partial charge on any atom is -0.456 e. The molecular weight excluding hydrogens is 392 g/mol. The van der Waals surface area contributed by atoms with E-state index in [4.69, 9.17) is 15.2 Å². The van der Waals surface area contributed by atoms with Crippen LogP contribution in [0.15, 0.2) is 11.1 Å². The molecule has 0 bridgehead atoms. The van der Waals surface area contributed by atoms with Crippen LogP contribution < -0.4 is 5.73 Å². The van der Waals surface area contributed by atoms with E-state index in [9.17, 15) is 14.4 Å². The lowest BCUT2D eigenvalue weighted by Gasteiger charge is -2.27. The van der Waals surface area contributed by atoms with E-state index in [0.717, 1.165) is 41.7 Å². The number of fused-ring (bicyclic) bond motifs is 1. The fraction of sp³-hybridized carbons (Fsp3) is 0.571. The first kappa shape index (κ1) is 20.1. The number of carbonyl (C=O) groups is 3. The summed E-state index contributed by atoms with van der Waals surface area (Å²) in [5.74, 6) is -1.01. The van der Waals surface area contributed by atoms with Crippen LogP contribution in [-0.4, -0.2) is 40.9 Å². The highest BCUT2D eigenvalue weighted by Gasteiger charge is 2.41. The van der Waals surface area contributed by atoms with Crippen LogP contribution in [0.1, 0.15) is 67.3 Å². The Hall–Kier alpha value is -2.19. The van der Waals surface area contributed by atoms with Gasteiger partial charge in [-0.2, -0.15) is 0 Å². The molecule has 8 heteroatoms. The van der Waals surface area contributed by atoms with Gasteiger partial charge in [-0.25, -0.2) is 4.79 Å². The van der Waals surface area contributed by atoms with Crippen LogP contribution in [0.25, 0.3) is 0 Å². The summed E-state index contributed by atoms with van der Waals surface area (Å²) < 4.78 is 11.3. The topological polar surface area (TPSA) is 98.9 Å². The number of esters is 1. The monoisotopic (exact) mass is 418 g/mol. The van der Waals surface area contributed by atoms with Gasteiger partial charge in [0, 0.05) is 16.9 Å². The second-order valence-electron chi connectivity index (χ2n) is 8.77. The van der Waals surface area contributed by atoms with Gasteiger partial charge in [-0.3, -0.25) is 14.5 Å². The molecule has 2 aliphatic heterocycles. The van der Waals surface area contributed by atoms with Gasteiger partial charge in [0.1, 0.15) is 16.7 Å². The summed E-state index contributed by atoms with van der Waals surface area (Å²) in [5.41, 5.74) is 8.36. The van der Waals surface area contributed by atoms with Gasteiger partial charge in [0.15, 0.2) is 0 Å². The zero-order valence-corrected chi connectivity index (χ0v) is 17.8. The van der Waals surface area contributed by atoms with Crippen molar-refractivity contribution < 1.29 is 23.9 Å². The first-order chi connectivity index (χ1) is 13.7. The summed E-state index contributed by atoms with van der Waals surface area (Å²) in [7, 11) is 0. The molecule has 2 amide bonds. The average molecular weight is 419 g/mol. The molecule has 1 aromatic heterocycles. The number of nitrogen functional groups attached to an aromatic ring is 1. The highest BCUT2D eigenvalue weighted by Crippen LogP contribution is 2.38. The Morgan fingerprint density at radius 1 is 1.24 bits per heavy atom. The maximum absolute atomic E-state index is 13.1. The number of nitrogens with two attached hydrogens (primary N) is 1. The molecule has 156 valence electrons. The van der Waals surface area contributed by atoms with Crippen molar-refractivity contribution in [1.82, 2.24) is 4.90 Å². The number of carbonyl (C=O) groups excluding carboxylic acids is 3. The smallest absolute Gasteiger partial charge is 0.341 e. The molecular formula is C21H26N2O5S. The minimum atomic E-state index is -0.803. The van der Waals surface area contributed by atoms with Crippen molar-refractivity contribution in [1.29, 1.82) is 0 Å². The molecule has 29 heavy (non-hydrogen) atoms. The number of imide groups is 1. The maximum Gasteiger partial charge on any atom is 0.341 e. The number of thiophene rings is 1. The highest BCUT2D eigenvalue weighted by atomic mass is 32.1. The van der Waals surface area contributed by atoms with E-state index >= 15 is 0 Å². The van der Waals surface area contributed by atoms with Crippen molar-refractivity contribution in [2.24, 2.45) is 0 Å². The number of hydrogen-bond donors (Lipinski definition) is 1. The number of hydrogen-bond acceptors (Lipinski definition) is 7. The molecule has 7 nitrogen and oxygen atoms in total. The second-order valence-corrected chi connectivity index (χ2v) is 9.90. The number of nitrogens with zero attached hydrogens (tertiary/aromatic N) is 1. The molecule has 0 spiro atoms. The van der Waals surface area contributed by atoms with E-state index < -0.39 is 17.7 Å². The summed E-state index contributed by atoms with van der Waals surface area (Å²) in [6, 6.07) is 0. The van der Waals surface area contributed by atoms with Crippen molar-refractivity contribution in [3.05, 3.63) is 27.2 Å². The van der Waals surface area contributed by atoms with Crippen molar-refractivity contribution in [3.8, 4) is 0 Å². The molecule has 0 radical (unpaired) electrons. The van der Waals surface area contributed by atoms with E-state index in [2.05, 4.69) is 0 Å². The number of ether oxygens (including phenoxy) is 2. The lowest BCUT2D eigenvalue weighted by atomic mass is 9.94. The Morgan fingerprint density at radius 2 is 1.97 bits per heavy atom. The molecule has 0 fully saturated rings. The van der Waals surface area contributed by atoms with Crippen LogP contribution in [-0.2, 0) is 32.1 Å². The molecule has 4 rings (SSSR count). The zero-order valence-electron chi connectivity index (χ0n) is 17.0. The first-order valence-corrected chi connectivity index (χ1v) is 10.8. The molecule has 3 aliphatic rings. The lowest BCUT2D eigenvalue weighted by molar-refractivity contribution is -0.151. The fourth-order valence-electron chi connectivity index (χ4n) is 4.18. The molecule has 0 aromatic carbocycles. The van der Waals surface area contributed by atoms with E-state index in [0.29, 0.717) is 22.7 Å². The van der Waals surface area contributed by atoms with Crippen molar-refractivity contribution >= 4 is 34.1 Å². The summed E-state index contributed by atoms with van der Waals surface area (Å²) in [6.07, 6.45) is 3.09. The molecule has 0 saturated heterocycles. The first-order valence-electron chi connectivity index (χ1n) is 9.97. The van der Waals surface area contributed by atoms with Gasteiger partial charge < -0.3 is 15.2 Å². The summed E-state index contributed by atoms with van der Waals surface area (Å²) >= 11 is 1.29. The Bertz CT molecular complexity index is 924. The van der Waals surface area contributed by atoms with E-state index in [1.54, 1.807) is 20.8 Å². The van der Waals surface area contributed by atoms with Crippen molar-refractivity contribution in [2.45, 2.75) is 71.2 Å². The number of anilines is 1. The SMILES string of the molecule is CC(C)(C)OC(=O)c1c(N)sc2c1CC(C(=O)N1CC3=C(CCCC3)C1=O)OC2. The normalized spacial score (nSPS) is 21.8. The van der Waals surface area contributed by atoms with Crippen LogP contribution in [0.4, 0.5) is 5.00 Å². The quantitative estimate of drug-likeness (QED) is 0.586. The third-order valence-corrected chi connectivity index (χ3v) is 6.54. The van der Waals surface area contributed by atoms with Crippen LogP contribution in [0.5, 0.6) is 0 Å². The van der Waals surface area contributed by atoms with Crippen molar-refractivity contribution in [2.75, 3.05) is 12.3 Å². The fourth-order valence-corrected chi connectivity index (χ4v) is 5.19. The van der Waals surface area contributed by atoms with Gasteiger partial charge in [0.25, 0.3) is 11.8 Å². The number of rotatable bonds is 2. The third-order valence-electron chi connectivity index (χ3n) is 5.50. The van der Waals surface area contributed by atoms with E-state index in [1.165, 1.54) is 16.2 Å². The molecule has 1 aliphatic carbocycles. The Kier molecular flexibility index (Phi) is 5.02. The zero-order chi connectivity index (χ0) is 20.9. The molecule has 1 unspecified atom stereocenters. The van der Waals surface area contributed by atoms with Crippen LogP contribution in [0.2, 0.25) is 0 Å². The van der Waals surface area contributed by atoms with Crippen LogP contribution in [0.3, 0.4) is 0 Å². The van der Waals surface area contributed by atoms with Crippen molar-refractivity contribution in [3.63, 3.8) is 0 Å². The molecule has 1 atom stereocenters. The second kappa shape index (κ2) is 7.25. The molecule has 2 N–H and O–H groups in total. The molecule has 0 saturated carbocycles. The maximum atomic E-state index is 13.1. The standard InChI is InChI=1S/C21H26N2O5S/c1-21(2,3)28-20(26)16-13-8-14(27-10-15(13)29-17(16)22)19(25)23-9-11-6-4-5-7-12(11)18(23)24/h14H,4-10,22H2,1-3H3. The largest absolute Gasteiger partial charge is 0.456 e. The summed E-state index contributed by atoms with van der Waals surface area (Å²) in [5, 5.41) is 0.371. The van der Waals surface area contributed by atoms with Crippen LogP contribution in [0, 0.1) is 0 Å². The van der Waals surface area contributed by atoms with Gasteiger partial charge in [-0.15, -0.1) is 11.3 Å². The summed E-state index contributed by atoms with van der Waals surface area (Å²) in [6.45, 7) is 5.94. The minimum absolute atomic E-state index is 0.184. The Labute approximate surface area is 173 Å². The van der Waals surface area contributed by atoms with Gasteiger partial charge >= 0.3 is 5.97 Å². The molecule has 1 aromatic rings. The van der Waals surface area contributed by atoms with Crippen LogP contribution >= 0.6 is 11.3 Å². The van der Waals surface area contributed by atoms with Gasteiger partial charge in [0.2, 0.25) is 0 Å². The summed E-state index contributed by atoms with van der Waals surface area (Å²) in [4.78, 5) is 40.6. The number of amides is 2. The predicted octanol–water partition coefficient (Wildman–Crippen LogP) is 2.97. The van der Waals surface area contributed by atoms with E-state index in [-0.39, 0.29) is 24.8 Å². The third kappa shape index (κ3) is 3.71. The van der Waals surface area contributed by atoms with Gasteiger partial charge in [0.05, 0.1) is 18.7 Å². The van der Waals surface area contributed by atoms with Gasteiger partial charge in [-0.05, 0) is 57.6 Å². The molecule has 3 heterocycles. The average Bonchev–Trinajstić information content (AvgIpc) is 3.15. The Balaban J connectivity index is 1.54.